The molecule has 1 N–H and O–H groups in total. The quantitative estimate of drug-likeness (QED) is 0.853. The third kappa shape index (κ3) is 3.41. The van der Waals surface area contributed by atoms with Crippen LogP contribution in [0.15, 0.2) is 35.0 Å². The molecule has 0 aliphatic carbocycles. The summed E-state index contributed by atoms with van der Waals surface area (Å²) in [6, 6.07) is 3.44. The van der Waals surface area contributed by atoms with Gasteiger partial charge in [0.1, 0.15) is 6.61 Å². The number of carboxylic acid groups (broad SMARTS) is 1. The zero-order valence-corrected chi connectivity index (χ0v) is 10.0. The van der Waals surface area contributed by atoms with Crippen LogP contribution in [0.25, 0.3) is 6.08 Å². The topological polar surface area (TPSA) is 72.6 Å². The Balaban J connectivity index is 2.16. The van der Waals surface area contributed by atoms with Crippen LogP contribution < -0.4 is 4.74 Å². The number of halogens is 2. The highest BCUT2D eigenvalue weighted by Crippen LogP contribution is 2.24. The highest BCUT2D eigenvalue weighted by Gasteiger charge is 2.13. The van der Waals surface area contributed by atoms with E-state index >= 15 is 0 Å². The van der Waals surface area contributed by atoms with Crippen LogP contribution in [0.1, 0.15) is 11.3 Å². The number of carbonyl (C=O) groups is 1. The molecule has 5 nitrogen and oxygen atoms in total. The lowest BCUT2D eigenvalue weighted by Gasteiger charge is -2.07. The van der Waals surface area contributed by atoms with Gasteiger partial charge in [0.05, 0.1) is 6.20 Å². The van der Waals surface area contributed by atoms with E-state index in [1.54, 1.807) is 0 Å². The maximum absolute atomic E-state index is 13.7. The Morgan fingerprint density at radius 1 is 1.40 bits per heavy atom. The number of aromatic nitrogens is 1. The summed E-state index contributed by atoms with van der Waals surface area (Å²) in [5.74, 6) is -3.33. The lowest BCUT2D eigenvalue weighted by molar-refractivity contribution is -0.131. The second-order valence-electron chi connectivity index (χ2n) is 3.75. The standard InChI is InChI=1S/C13H9F2NO4/c14-10-5-8(1-2-12(17)18)6-11(15)13(10)19-7-9-3-4-16-20-9/h1-6H,7H2,(H,17,18). The fourth-order valence-electron chi connectivity index (χ4n) is 1.44. The van der Waals surface area contributed by atoms with Gasteiger partial charge in [-0.1, -0.05) is 5.16 Å². The summed E-state index contributed by atoms with van der Waals surface area (Å²) < 4.78 is 37.0. The van der Waals surface area contributed by atoms with Gasteiger partial charge in [-0.2, -0.15) is 0 Å². The van der Waals surface area contributed by atoms with Gasteiger partial charge in [0.2, 0.25) is 0 Å². The molecule has 1 aromatic heterocycles. The molecule has 7 heteroatoms. The molecule has 104 valence electrons. The van der Waals surface area contributed by atoms with Crippen molar-refractivity contribution < 1.29 is 27.9 Å². The molecule has 2 aromatic rings. The molecule has 0 amide bonds. The van der Waals surface area contributed by atoms with Crippen LogP contribution in [0.2, 0.25) is 0 Å². The Hall–Kier alpha value is -2.70. The highest BCUT2D eigenvalue weighted by atomic mass is 19.1. The van der Waals surface area contributed by atoms with E-state index in [2.05, 4.69) is 5.16 Å². The van der Waals surface area contributed by atoms with E-state index in [0.717, 1.165) is 24.3 Å². The maximum atomic E-state index is 13.7. The van der Waals surface area contributed by atoms with Crippen molar-refractivity contribution in [1.82, 2.24) is 5.16 Å². The minimum atomic E-state index is -1.21. The monoisotopic (exact) mass is 281 g/mol. The first-order valence-electron chi connectivity index (χ1n) is 5.48. The van der Waals surface area contributed by atoms with Gasteiger partial charge >= 0.3 is 5.97 Å². The van der Waals surface area contributed by atoms with E-state index in [0.29, 0.717) is 5.76 Å². The summed E-state index contributed by atoms with van der Waals surface area (Å²) in [7, 11) is 0. The number of hydrogen-bond acceptors (Lipinski definition) is 4. The van der Waals surface area contributed by atoms with Crippen LogP contribution in [0.3, 0.4) is 0 Å². The van der Waals surface area contributed by atoms with Crippen molar-refractivity contribution in [3.05, 3.63) is 53.4 Å². The molecular formula is C13H9F2NO4. The first-order valence-corrected chi connectivity index (χ1v) is 5.48. The van der Waals surface area contributed by atoms with Crippen molar-refractivity contribution in [2.24, 2.45) is 0 Å². The van der Waals surface area contributed by atoms with Gasteiger partial charge in [-0.05, 0) is 23.8 Å². The largest absolute Gasteiger partial charge is 0.479 e. The summed E-state index contributed by atoms with van der Waals surface area (Å²) in [4.78, 5) is 10.3. The Morgan fingerprint density at radius 3 is 2.65 bits per heavy atom. The zero-order valence-electron chi connectivity index (χ0n) is 10.0. The molecule has 0 bridgehead atoms. The maximum Gasteiger partial charge on any atom is 0.328 e. The molecule has 0 unspecified atom stereocenters. The number of hydrogen-bond donors (Lipinski definition) is 1. The first-order chi connectivity index (χ1) is 9.56. The third-order valence-corrected chi connectivity index (χ3v) is 2.29. The Bertz CT molecular complexity index is 615. The van der Waals surface area contributed by atoms with Crippen LogP contribution in [0.5, 0.6) is 5.75 Å². The van der Waals surface area contributed by atoms with Crippen LogP contribution in [-0.4, -0.2) is 16.2 Å². The smallest absolute Gasteiger partial charge is 0.328 e. The molecule has 1 aromatic carbocycles. The van der Waals surface area contributed by atoms with Gasteiger partial charge in [-0.15, -0.1) is 0 Å². The molecule has 1 heterocycles. The van der Waals surface area contributed by atoms with Gasteiger partial charge < -0.3 is 14.4 Å². The number of nitrogens with zero attached hydrogens (tertiary/aromatic N) is 1. The Kier molecular flexibility index (Phi) is 4.09. The number of ether oxygens (including phenoxy) is 1. The lowest BCUT2D eigenvalue weighted by Crippen LogP contribution is -1.99. The molecule has 0 aliphatic heterocycles. The molecule has 0 aliphatic rings. The van der Waals surface area contributed by atoms with Gasteiger partial charge in [-0.3, -0.25) is 0 Å². The van der Waals surface area contributed by atoms with Crippen molar-refractivity contribution in [2.75, 3.05) is 0 Å². The van der Waals surface area contributed by atoms with E-state index in [1.165, 1.54) is 12.3 Å². The van der Waals surface area contributed by atoms with Crippen LogP contribution in [0, 0.1) is 11.6 Å². The lowest BCUT2D eigenvalue weighted by atomic mass is 10.2. The van der Waals surface area contributed by atoms with Crippen LogP contribution >= 0.6 is 0 Å². The average molecular weight is 281 g/mol. The molecular weight excluding hydrogens is 272 g/mol. The van der Waals surface area contributed by atoms with E-state index in [1.807, 2.05) is 0 Å². The Morgan fingerprint density at radius 2 is 2.10 bits per heavy atom. The van der Waals surface area contributed by atoms with E-state index < -0.39 is 23.4 Å². The minimum Gasteiger partial charge on any atom is -0.479 e. The van der Waals surface area contributed by atoms with Crippen LogP contribution in [-0.2, 0) is 11.4 Å². The molecule has 0 radical (unpaired) electrons. The number of carboxylic acids is 1. The van der Waals surface area contributed by atoms with Gasteiger partial charge in [0, 0.05) is 12.1 Å². The fourth-order valence-corrected chi connectivity index (χ4v) is 1.44. The molecule has 0 atom stereocenters. The molecule has 0 saturated heterocycles. The van der Waals surface area contributed by atoms with E-state index in [4.69, 9.17) is 14.4 Å². The van der Waals surface area contributed by atoms with Gasteiger partial charge in [0.15, 0.2) is 23.1 Å². The number of benzene rings is 1. The molecule has 20 heavy (non-hydrogen) atoms. The van der Waals surface area contributed by atoms with Crippen LogP contribution in [0.4, 0.5) is 8.78 Å². The molecule has 2 rings (SSSR count). The average Bonchev–Trinajstić information content (AvgIpc) is 2.88. The summed E-state index contributed by atoms with van der Waals surface area (Å²) in [5.41, 5.74) is 0.0782. The minimum absolute atomic E-state index is 0.0782. The van der Waals surface area contributed by atoms with E-state index in [9.17, 15) is 13.6 Å². The predicted molar refractivity (Wildman–Crippen MR) is 63.9 cm³/mol. The number of rotatable bonds is 5. The first kappa shape index (κ1) is 13.7. The highest BCUT2D eigenvalue weighted by molar-refractivity contribution is 5.85. The van der Waals surface area contributed by atoms with Gasteiger partial charge in [-0.25, -0.2) is 13.6 Å². The molecule has 0 saturated carbocycles. The summed E-state index contributed by atoms with van der Waals surface area (Å²) in [6.45, 7) is -0.169. The summed E-state index contributed by atoms with van der Waals surface area (Å²) >= 11 is 0. The van der Waals surface area contributed by atoms with Crippen molar-refractivity contribution in [3.63, 3.8) is 0 Å². The normalized spacial score (nSPS) is 10.9. The second kappa shape index (κ2) is 5.96. The van der Waals surface area contributed by atoms with Crippen molar-refractivity contribution >= 4 is 12.0 Å². The number of aliphatic carboxylic acids is 1. The van der Waals surface area contributed by atoms with Gasteiger partial charge in [0.25, 0.3) is 0 Å². The summed E-state index contributed by atoms with van der Waals surface area (Å²) in [6.07, 6.45) is 3.24. The van der Waals surface area contributed by atoms with Crippen molar-refractivity contribution in [1.29, 1.82) is 0 Å². The van der Waals surface area contributed by atoms with Crippen molar-refractivity contribution in [2.45, 2.75) is 6.61 Å². The second-order valence-corrected chi connectivity index (χ2v) is 3.75. The molecule has 0 fully saturated rings. The zero-order chi connectivity index (χ0) is 14.5. The van der Waals surface area contributed by atoms with E-state index in [-0.39, 0.29) is 12.2 Å². The third-order valence-electron chi connectivity index (χ3n) is 2.29. The Labute approximate surface area is 112 Å². The molecule has 0 spiro atoms. The predicted octanol–water partition coefficient (Wildman–Crippen LogP) is 2.63. The SMILES string of the molecule is O=C(O)C=Cc1cc(F)c(OCc2ccno2)c(F)c1. The fraction of sp³-hybridized carbons (Fsp3) is 0.0769. The van der Waals surface area contributed by atoms with Crippen molar-refractivity contribution in [3.8, 4) is 5.75 Å². The summed E-state index contributed by atoms with van der Waals surface area (Å²) in [5, 5.41) is 11.9.